The molecule has 0 aromatic heterocycles. The van der Waals surface area contributed by atoms with Crippen molar-refractivity contribution < 1.29 is 4.79 Å². The lowest BCUT2D eigenvalue weighted by atomic mass is 10.1. The fourth-order valence-electron chi connectivity index (χ4n) is 0.952. The Hall–Kier alpha value is -1.02. The Morgan fingerprint density at radius 3 is 2.42 bits per heavy atom. The van der Waals surface area contributed by atoms with Crippen molar-refractivity contribution >= 4 is 22.9 Å². The van der Waals surface area contributed by atoms with E-state index in [4.69, 9.17) is 12.2 Å². The molecule has 0 atom stereocenters. The summed E-state index contributed by atoms with van der Waals surface area (Å²) in [7, 11) is 0. The van der Waals surface area contributed by atoms with Gasteiger partial charge >= 0.3 is 0 Å². The molecular weight excluding hydrogens is 168 g/mol. The minimum Gasteiger partial charge on any atom is -0.300 e. The first-order chi connectivity index (χ1) is 5.70. The van der Waals surface area contributed by atoms with E-state index >= 15 is 0 Å². The fraction of sp³-hybridized carbons (Fsp3) is 0.200. The van der Waals surface area contributed by atoms with Gasteiger partial charge in [0.25, 0.3) is 0 Å². The van der Waals surface area contributed by atoms with Gasteiger partial charge in [0.2, 0.25) is 0 Å². The first kappa shape index (κ1) is 9.07. The largest absolute Gasteiger partial charge is 0.300 e. The number of benzene rings is 1. The van der Waals surface area contributed by atoms with Crippen molar-refractivity contribution in [2.75, 3.05) is 0 Å². The van der Waals surface area contributed by atoms with Gasteiger partial charge in [0.1, 0.15) is 5.78 Å². The van der Waals surface area contributed by atoms with Crippen LogP contribution in [-0.4, -0.2) is 10.6 Å². The molecule has 1 rings (SSSR count). The minimum absolute atomic E-state index is 0.115. The van der Waals surface area contributed by atoms with Crippen LogP contribution in [0.2, 0.25) is 0 Å². The third-order valence-electron chi connectivity index (χ3n) is 1.51. The number of Topliss-reactive ketones (excluding diaryl/α,β-unsaturated/α-hetero) is 1. The zero-order valence-electron chi connectivity index (χ0n) is 6.91. The Kier molecular flexibility index (Phi) is 3.11. The van der Waals surface area contributed by atoms with E-state index in [1.54, 1.807) is 6.92 Å². The van der Waals surface area contributed by atoms with Crippen LogP contribution in [0.4, 0.5) is 0 Å². The van der Waals surface area contributed by atoms with E-state index in [-0.39, 0.29) is 5.78 Å². The van der Waals surface area contributed by atoms with Crippen molar-refractivity contribution in [2.45, 2.75) is 13.3 Å². The molecule has 0 unspecified atom stereocenters. The Balaban J connectivity index is 2.73. The highest BCUT2D eigenvalue weighted by molar-refractivity contribution is 7.80. The zero-order valence-corrected chi connectivity index (χ0v) is 7.73. The normalized spacial score (nSPS) is 9.42. The van der Waals surface area contributed by atoms with Gasteiger partial charge in [-0.1, -0.05) is 42.5 Å². The van der Waals surface area contributed by atoms with Gasteiger partial charge in [0.15, 0.2) is 0 Å². The van der Waals surface area contributed by atoms with Crippen molar-refractivity contribution in [3.8, 4) is 0 Å². The number of hydrogen-bond acceptors (Lipinski definition) is 2. The Morgan fingerprint density at radius 1 is 1.33 bits per heavy atom. The van der Waals surface area contributed by atoms with Crippen molar-refractivity contribution in [3.05, 3.63) is 35.9 Å². The molecule has 0 radical (unpaired) electrons. The number of ketones is 1. The molecule has 0 fully saturated rings. The van der Waals surface area contributed by atoms with Crippen LogP contribution in [0, 0.1) is 0 Å². The van der Waals surface area contributed by atoms with Crippen LogP contribution in [0.3, 0.4) is 0 Å². The Labute approximate surface area is 77.4 Å². The van der Waals surface area contributed by atoms with E-state index in [0.717, 1.165) is 10.4 Å². The van der Waals surface area contributed by atoms with Gasteiger partial charge in [-0.25, -0.2) is 0 Å². The summed E-state index contributed by atoms with van der Waals surface area (Å²) in [5, 5.41) is 0. The maximum atomic E-state index is 10.7. The average molecular weight is 178 g/mol. The van der Waals surface area contributed by atoms with Crippen LogP contribution in [0.25, 0.3) is 0 Å². The minimum atomic E-state index is 0.115. The molecular formula is C10H10OS. The van der Waals surface area contributed by atoms with Crippen molar-refractivity contribution in [3.63, 3.8) is 0 Å². The lowest BCUT2D eigenvalue weighted by Gasteiger charge is -1.99. The molecule has 0 spiro atoms. The molecule has 0 aliphatic heterocycles. The second-order valence-electron chi connectivity index (χ2n) is 2.67. The molecule has 1 aromatic carbocycles. The number of thiocarbonyl (C=S) groups is 1. The lowest BCUT2D eigenvalue weighted by Crippen LogP contribution is -2.02. The second kappa shape index (κ2) is 4.12. The molecule has 0 saturated carbocycles. The molecule has 62 valence electrons. The molecule has 0 amide bonds. The number of rotatable bonds is 3. The second-order valence-corrected chi connectivity index (χ2v) is 3.16. The molecule has 1 aromatic rings. The molecule has 2 heteroatoms. The van der Waals surface area contributed by atoms with E-state index in [0.29, 0.717) is 6.42 Å². The van der Waals surface area contributed by atoms with Gasteiger partial charge < -0.3 is 0 Å². The third-order valence-corrected chi connectivity index (χ3v) is 1.89. The standard InChI is InChI=1S/C10H10OS/c1-8(11)7-10(12)9-5-3-2-4-6-9/h2-6H,7H2,1H3. The number of carbonyl (C=O) groups excluding carboxylic acids is 1. The van der Waals surface area contributed by atoms with E-state index in [9.17, 15) is 4.79 Å². The fourth-order valence-corrected chi connectivity index (χ4v) is 1.29. The van der Waals surface area contributed by atoms with Crippen LogP contribution in [0.15, 0.2) is 30.3 Å². The van der Waals surface area contributed by atoms with Gasteiger partial charge in [-0.2, -0.15) is 0 Å². The van der Waals surface area contributed by atoms with E-state index < -0.39 is 0 Å². The molecule has 0 N–H and O–H groups in total. The summed E-state index contributed by atoms with van der Waals surface area (Å²) in [5.74, 6) is 0.115. The van der Waals surface area contributed by atoms with Crippen LogP contribution in [-0.2, 0) is 4.79 Å². The molecule has 0 aliphatic rings. The zero-order chi connectivity index (χ0) is 8.97. The predicted molar refractivity (Wildman–Crippen MR) is 53.4 cm³/mol. The predicted octanol–water partition coefficient (Wildman–Crippen LogP) is 2.38. The molecule has 0 heterocycles. The summed E-state index contributed by atoms with van der Waals surface area (Å²) in [6.07, 6.45) is 0.374. The highest BCUT2D eigenvalue weighted by atomic mass is 32.1. The molecule has 0 aliphatic carbocycles. The van der Waals surface area contributed by atoms with E-state index in [2.05, 4.69) is 0 Å². The molecule has 0 bridgehead atoms. The van der Waals surface area contributed by atoms with Crippen LogP contribution < -0.4 is 0 Å². The highest BCUT2D eigenvalue weighted by Gasteiger charge is 2.02. The van der Waals surface area contributed by atoms with Crippen molar-refractivity contribution in [1.29, 1.82) is 0 Å². The van der Waals surface area contributed by atoms with Crippen LogP contribution in [0.1, 0.15) is 18.9 Å². The van der Waals surface area contributed by atoms with Crippen LogP contribution >= 0.6 is 12.2 Å². The molecule has 0 saturated heterocycles. The Morgan fingerprint density at radius 2 is 1.92 bits per heavy atom. The number of hydrogen-bond donors (Lipinski definition) is 0. The number of carbonyl (C=O) groups is 1. The van der Waals surface area contributed by atoms with Gasteiger partial charge in [-0.15, -0.1) is 0 Å². The summed E-state index contributed by atoms with van der Waals surface area (Å²) in [6.45, 7) is 1.55. The highest BCUT2D eigenvalue weighted by Crippen LogP contribution is 2.04. The third kappa shape index (κ3) is 2.55. The first-order valence-electron chi connectivity index (χ1n) is 3.78. The summed E-state index contributed by atoms with van der Waals surface area (Å²) >= 11 is 5.08. The monoisotopic (exact) mass is 178 g/mol. The quantitative estimate of drug-likeness (QED) is 0.522. The van der Waals surface area contributed by atoms with Gasteiger partial charge in [0, 0.05) is 11.3 Å². The summed E-state index contributed by atoms with van der Waals surface area (Å²) in [4.78, 5) is 11.5. The average Bonchev–Trinajstić information content (AvgIpc) is 2.05. The summed E-state index contributed by atoms with van der Waals surface area (Å²) in [6, 6.07) is 9.61. The maximum Gasteiger partial charge on any atom is 0.135 e. The lowest BCUT2D eigenvalue weighted by molar-refractivity contribution is -0.115. The van der Waals surface area contributed by atoms with Crippen LogP contribution in [0.5, 0.6) is 0 Å². The van der Waals surface area contributed by atoms with Gasteiger partial charge in [0.05, 0.1) is 0 Å². The SMILES string of the molecule is CC(=O)CC(=S)c1ccccc1. The molecule has 12 heavy (non-hydrogen) atoms. The van der Waals surface area contributed by atoms with Crippen molar-refractivity contribution in [2.24, 2.45) is 0 Å². The Bertz CT molecular complexity index is 290. The smallest absolute Gasteiger partial charge is 0.135 e. The first-order valence-corrected chi connectivity index (χ1v) is 4.18. The van der Waals surface area contributed by atoms with Gasteiger partial charge in [-0.3, -0.25) is 4.79 Å². The topological polar surface area (TPSA) is 17.1 Å². The van der Waals surface area contributed by atoms with Crippen molar-refractivity contribution in [1.82, 2.24) is 0 Å². The maximum absolute atomic E-state index is 10.7. The van der Waals surface area contributed by atoms with E-state index in [1.165, 1.54) is 0 Å². The summed E-state index contributed by atoms with van der Waals surface area (Å²) < 4.78 is 0. The van der Waals surface area contributed by atoms with Gasteiger partial charge in [-0.05, 0) is 12.5 Å². The summed E-state index contributed by atoms with van der Waals surface area (Å²) in [5.41, 5.74) is 0.975. The van der Waals surface area contributed by atoms with E-state index in [1.807, 2.05) is 30.3 Å². The molecule has 1 nitrogen and oxygen atoms in total.